The Bertz CT molecular complexity index is 1720. The van der Waals surface area contributed by atoms with Gasteiger partial charge < -0.3 is 0 Å². The normalized spacial score (nSPS) is 21.2. The summed E-state index contributed by atoms with van der Waals surface area (Å²) in [6.45, 7) is 7.84. The molecule has 0 unspecified atom stereocenters. The van der Waals surface area contributed by atoms with Crippen molar-refractivity contribution in [2.75, 3.05) is 33.6 Å². The van der Waals surface area contributed by atoms with Gasteiger partial charge in [0.15, 0.2) is 0 Å². The molecule has 1 heterocycles. The van der Waals surface area contributed by atoms with Crippen molar-refractivity contribution in [2.45, 2.75) is 52.4 Å². The van der Waals surface area contributed by atoms with Crippen LogP contribution >= 0.6 is 0 Å². The van der Waals surface area contributed by atoms with Crippen LogP contribution in [0.3, 0.4) is 0 Å². The third-order valence-electron chi connectivity index (χ3n) is 8.70. The number of hydrogen-bond donors (Lipinski definition) is 1. The molecule has 1 aliphatic heterocycles. The number of hydrogen-bond acceptors (Lipinski definition) is 11. The molecule has 12 heteroatoms. The molecule has 0 saturated heterocycles. The molecule has 2 aliphatic rings. The number of aliphatic hydroxyl groups is 1. The van der Waals surface area contributed by atoms with E-state index in [1.165, 1.54) is 28.3 Å². The average molecular weight is 728 g/mol. The Kier molecular flexibility index (Phi) is 10.5. The van der Waals surface area contributed by atoms with Gasteiger partial charge in [-0.15, -0.1) is 0 Å². The van der Waals surface area contributed by atoms with E-state index in [4.69, 9.17) is 37.9 Å². The van der Waals surface area contributed by atoms with E-state index in [9.17, 15) is 14.7 Å². The molecule has 0 amide bonds. The zero-order valence-corrected chi connectivity index (χ0v) is 29.9. The summed E-state index contributed by atoms with van der Waals surface area (Å²) in [6, 6.07) is 13.3. The number of carbonyl (C=O) groups excluding carboxylic acids is 2. The summed E-state index contributed by atoms with van der Waals surface area (Å²) in [5.74, 6) is -0.312. The van der Waals surface area contributed by atoms with Crippen LogP contribution in [0.1, 0.15) is 58.0 Å². The van der Waals surface area contributed by atoms with E-state index >= 15 is 0 Å². The van der Waals surface area contributed by atoms with Crippen molar-refractivity contribution in [3.63, 3.8) is 0 Å². The zero-order valence-electron chi connectivity index (χ0n) is 28.2. The van der Waals surface area contributed by atoms with Gasteiger partial charge in [0.1, 0.15) is 0 Å². The second-order valence-electron chi connectivity index (χ2n) is 11.5. The van der Waals surface area contributed by atoms with Gasteiger partial charge in [0, 0.05) is 0 Å². The topological polar surface area (TPSA) is 128 Å². The summed E-state index contributed by atoms with van der Waals surface area (Å²) in [7, 11) is 4.42. The zero-order chi connectivity index (χ0) is 34.7. The molecule has 0 fully saturated rings. The van der Waals surface area contributed by atoms with Crippen LogP contribution in [-0.2, 0) is 19.1 Å². The molecule has 0 spiro atoms. The fourth-order valence-electron chi connectivity index (χ4n) is 5.94. The molecular weight excluding hydrogens is 687 g/mol. The van der Waals surface area contributed by atoms with Gasteiger partial charge in [-0.3, -0.25) is 0 Å². The van der Waals surface area contributed by atoms with Crippen LogP contribution in [0.25, 0.3) is 11.1 Å². The van der Waals surface area contributed by atoms with Crippen molar-refractivity contribution < 1.29 is 52.6 Å². The summed E-state index contributed by atoms with van der Waals surface area (Å²) >= 11 is -0.100. The molecule has 3 aromatic rings. The molecule has 48 heavy (non-hydrogen) atoms. The Morgan fingerprint density at radius 2 is 1.65 bits per heavy atom. The summed E-state index contributed by atoms with van der Waals surface area (Å²) in [5, 5.41) is 12.5. The second-order valence-corrected chi connectivity index (χ2v) is 13.6. The average Bonchev–Trinajstić information content (AvgIpc) is 3.56. The Morgan fingerprint density at radius 3 is 2.27 bits per heavy atom. The predicted molar refractivity (Wildman–Crippen MR) is 178 cm³/mol. The molecular formula is C36H40O11Se. The number of ether oxygens (including phenoxy) is 8. The van der Waals surface area contributed by atoms with Crippen LogP contribution in [0, 0.1) is 5.92 Å². The molecule has 256 valence electrons. The number of benzene rings is 3. The molecule has 1 N–H and O–H groups in total. The molecule has 0 radical (unpaired) electrons. The molecule has 0 bridgehead atoms. The molecule has 3 aromatic carbocycles. The van der Waals surface area contributed by atoms with E-state index in [0.29, 0.717) is 50.6 Å². The van der Waals surface area contributed by atoms with E-state index in [-0.39, 0.29) is 39.0 Å². The maximum atomic E-state index is 13.4. The first-order chi connectivity index (χ1) is 23.0. The Balaban J connectivity index is 1.90. The monoisotopic (exact) mass is 728 g/mol. The summed E-state index contributed by atoms with van der Waals surface area (Å²) in [6.07, 6.45) is -0.770. The van der Waals surface area contributed by atoms with E-state index in [2.05, 4.69) is 0 Å². The van der Waals surface area contributed by atoms with E-state index in [1.807, 2.05) is 30.3 Å². The van der Waals surface area contributed by atoms with Gasteiger partial charge >= 0.3 is 287 Å². The van der Waals surface area contributed by atoms with Crippen molar-refractivity contribution in [2.24, 2.45) is 5.92 Å². The molecule has 11 nitrogen and oxygen atoms in total. The van der Waals surface area contributed by atoms with Gasteiger partial charge in [0.05, 0.1) is 0 Å². The molecule has 0 aromatic heterocycles. The van der Waals surface area contributed by atoms with Crippen molar-refractivity contribution in [1.29, 1.82) is 0 Å². The van der Waals surface area contributed by atoms with Gasteiger partial charge in [-0.05, 0) is 0 Å². The van der Waals surface area contributed by atoms with Crippen LogP contribution in [0.4, 0.5) is 0 Å². The number of rotatable bonds is 10. The summed E-state index contributed by atoms with van der Waals surface area (Å²) in [5.41, 5.74) is 0.429. The van der Waals surface area contributed by atoms with Gasteiger partial charge in [0.25, 0.3) is 0 Å². The first-order valence-corrected chi connectivity index (χ1v) is 17.4. The van der Waals surface area contributed by atoms with Crippen LogP contribution in [0.2, 0.25) is 0 Å². The van der Waals surface area contributed by atoms with Gasteiger partial charge in [-0.2, -0.15) is 0 Å². The second kappa shape index (κ2) is 14.4. The summed E-state index contributed by atoms with van der Waals surface area (Å²) in [4.78, 5) is 26.2. The van der Waals surface area contributed by atoms with Crippen molar-refractivity contribution in [1.82, 2.24) is 0 Å². The van der Waals surface area contributed by atoms with Gasteiger partial charge in [-0.1, -0.05) is 0 Å². The van der Waals surface area contributed by atoms with Crippen LogP contribution in [-0.4, -0.2) is 71.2 Å². The Morgan fingerprint density at radius 1 is 0.958 bits per heavy atom. The Hall–Kier alpha value is -4.38. The van der Waals surface area contributed by atoms with Crippen molar-refractivity contribution in [3.05, 3.63) is 65.2 Å². The molecule has 1 aliphatic carbocycles. The van der Waals surface area contributed by atoms with Crippen LogP contribution < -0.4 is 32.9 Å². The number of methoxy groups -OCH3 is 3. The SMILES string of the molecule is C/C=C(/C)C(=O)O[C@H]1c2cc(OC)c(OC)c(OC)c2-c2c(cc3c(c2OC[Se]c2ccccc2)OCO3)[C@H](OC(C)=O)[C@H](C)[C@]1(C)O. The fraction of sp³-hybridized carbons (Fsp3) is 0.389. The first kappa shape index (κ1) is 34.9. The minimum atomic E-state index is -1.82. The fourth-order valence-corrected chi connectivity index (χ4v) is 7.33. The van der Waals surface area contributed by atoms with Crippen molar-refractivity contribution >= 4 is 31.4 Å². The number of fused-ring (bicyclic) bond motifs is 4. The third kappa shape index (κ3) is 6.40. The van der Waals surface area contributed by atoms with E-state index < -0.39 is 35.7 Å². The number of allylic oxidation sites excluding steroid dienone is 1. The van der Waals surface area contributed by atoms with Crippen LogP contribution in [0.5, 0.6) is 34.5 Å². The van der Waals surface area contributed by atoms with Crippen molar-refractivity contribution in [3.8, 4) is 45.6 Å². The van der Waals surface area contributed by atoms with E-state index in [0.717, 1.165) is 4.46 Å². The predicted octanol–water partition coefficient (Wildman–Crippen LogP) is 5.03. The third-order valence-corrected chi connectivity index (χ3v) is 10.5. The summed E-state index contributed by atoms with van der Waals surface area (Å²) < 4.78 is 49.4. The van der Waals surface area contributed by atoms with Gasteiger partial charge in [-0.25, -0.2) is 0 Å². The van der Waals surface area contributed by atoms with E-state index in [1.54, 1.807) is 45.9 Å². The maximum absolute atomic E-state index is 13.4. The Labute approximate surface area is 286 Å². The molecule has 0 saturated carbocycles. The van der Waals surface area contributed by atoms with Crippen LogP contribution in [0.15, 0.2) is 54.1 Å². The standard InChI is InChI=1S/C36H40O11Se/c1-9-19(2)35(38)47-34-24-16-25(40-6)30(41-7)32(42-8)28(24)27-23(29(46-21(4)37)20(3)36(34,5)39)15-26-31(44-17-43-26)33(27)45-18-48-22-13-11-10-12-14-22/h9-16,20,29,34,39H,17-18H2,1-8H3/b19-9-/t20-,29+,34-,36-/m0/s1. The number of esters is 2. The first-order valence-electron chi connectivity index (χ1n) is 15.3. The van der Waals surface area contributed by atoms with Gasteiger partial charge in [0.2, 0.25) is 0 Å². The molecule has 4 atom stereocenters. The quantitative estimate of drug-likeness (QED) is 0.172. The minimum absolute atomic E-state index is 0.0668. The molecule has 5 rings (SSSR count). The number of carbonyl (C=O) groups is 2.